The molecule has 1 aliphatic heterocycles. The van der Waals surface area contributed by atoms with Crippen LogP contribution in [0.15, 0.2) is 12.1 Å². The molecule has 2 heterocycles. The van der Waals surface area contributed by atoms with Gasteiger partial charge < -0.3 is 25.8 Å². The third-order valence-corrected chi connectivity index (χ3v) is 3.95. The maximum atomic E-state index is 13.1. The summed E-state index contributed by atoms with van der Waals surface area (Å²) in [7, 11) is 0. The first kappa shape index (κ1) is 17.3. The van der Waals surface area contributed by atoms with Crippen LogP contribution < -0.4 is 20.7 Å². The van der Waals surface area contributed by atoms with Gasteiger partial charge in [-0.1, -0.05) is 0 Å². The summed E-state index contributed by atoms with van der Waals surface area (Å²) < 4.78 is 31.8. The summed E-state index contributed by atoms with van der Waals surface area (Å²) in [6, 6.07) is 2.76. The van der Waals surface area contributed by atoms with Gasteiger partial charge >= 0.3 is 0 Å². The Balaban J connectivity index is 1.77. The van der Waals surface area contributed by atoms with Gasteiger partial charge in [-0.05, 0) is 30.9 Å². The molecule has 4 N–H and O–H groups in total. The van der Waals surface area contributed by atoms with Gasteiger partial charge in [-0.2, -0.15) is 0 Å². The molecule has 0 unspecified atom stereocenters. The molecule has 2 amide bonds. The fourth-order valence-electron chi connectivity index (χ4n) is 2.34. The van der Waals surface area contributed by atoms with E-state index in [0.29, 0.717) is 18.2 Å². The maximum absolute atomic E-state index is 13.1. The lowest BCUT2D eigenvalue weighted by Crippen LogP contribution is -2.56. The number of hydrogen-bond acceptors (Lipinski definition) is 6. The van der Waals surface area contributed by atoms with Gasteiger partial charge in [0.1, 0.15) is 11.4 Å². The second kappa shape index (κ2) is 6.43. The van der Waals surface area contributed by atoms with Gasteiger partial charge in [-0.3, -0.25) is 9.59 Å². The highest BCUT2D eigenvalue weighted by Gasteiger charge is 2.45. The van der Waals surface area contributed by atoms with Crippen LogP contribution in [0, 0.1) is 5.92 Å². The van der Waals surface area contributed by atoms with Crippen molar-refractivity contribution in [3.8, 4) is 5.88 Å². The van der Waals surface area contributed by atoms with Crippen molar-refractivity contribution in [1.29, 1.82) is 0 Å². The average Bonchev–Trinajstić information content (AvgIpc) is 3.34. The molecule has 2 fully saturated rings. The number of primary amides is 1. The van der Waals surface area contributed by atoms with E-state index in [9.17, 15) is 23.5 Å². The predicted octanol–water partition coefficient (Wildman–Crippen LogP) is -0.141. The molecule has 0 aromatic carbocycles. The number of alkyl halides is 2. The van der Waals surface area contributed by atoms with E-state index in [4.69, 9.17) is 10.5 Å². The van der Waals surface area contributed by atoms with Crippen LogP contribution in [0.25, 0.3) is 0 Å². The van der Waals surface area contributed by atoms with Gasteiger partial charge in [0.05, 0.1) is 19.7 Å². The molecule has 10 heteroatoms. The zero-order valence-electron chi connectivity index (χ0n) is 13.2. The molecule has 0 spiro atoms. The number of hydrogen-bond donors (Lipinski definition) is 3. The molecule has 1 saturated heterocycles. The van der Waals surface area contributed by atoms with Gasteiger partial charge in [0, 0.05) is 0 Å². The Kier molecular flexibility index (Phi) is 4.46. The number of carbonyl (C=O) groups is 2. The third-order valence-electron chi connectivity index (χ3n) is 3.95. The van der Waals surface area contributed by atoms with Crippen LogP contribution in [0.5, 0.6) is 5.88 Å². The van der Waals surface area contributed by atoms with E-state index in [1.807, 2.05) is 5.32 Å². The zero-order chi connectivity index (χ0) is 18.2. The van der Waals surface area contributed by atoms with E-state index in [1.165, 1.54) is 17.0 Å². The van der Waals surface area contributed by atoms with Crippen LogP contribution in [0.3, 0.4) is 0 Å². The van der Waals surface area contributed by atoms with Gasteiger partial charge in [-0.25, -0.2) is 13.8 Å². The van der Waals surface area contributed by atoms with Gasteiger partial charge in [0.25, 0.3) is 17.7 Å². The number of ether oxygens (including phenoxy) is 1. The quantitative estimate of drug-likeness (QED) is 0.585. The van der Waals surface area contributed by atoms with Gasteiger partial charge in [-0.15, -0.1) is 0 Å². The van der Waals surface area contributed by atoms with E-state index >= 15 is 0 Å². The number of aliphatic hydroxyl groups excluding tert-OH is 1. The van der Waals surface area contributed by atoms with Gasteiger partial charge in [0.2, 0.25) is 12.1 Å². The molecular weight excluding hydrogens is 338 g/mol. The number of carbonyl (C=O) groups excluding carboxylic acids is 2. The van der Waals surface area contributed by atoms with Crippen molar-refractivity contribution in [2.45, 2.75) is 25.0 Å². The van der Waals surface area contributed by atoms with Crippen LogP contribution in [0.2, 0.25) is 0 Å². The molecule has 1 atom stereocenters. The highest BCUT2D eigenvalue weighted by molar-refractivity contribution is 5.95. The Labute approximate surface area is 142 Å². The molecule has 0 bridgehead atoms. The summed E-state index contributed by atoms with van der Waals surface area (Å²) >= 11 is 0. The second-order valence-corrected chi connectivity index (χ2v) is 6.27. The summed E-state index contributed by atoms with van der Waals surface area (Å²) in [6.45, 7) is -0.500. The topological polar surface area (TPSA) is 118 Å². The average molecular weight is 356 g/mol. The molecule has 1 aliphatic carbocycles. The largest absolute Gasteiger partial charge is 0.476 e. The van der Waals surface area contributed by atoms with Crippen LogP contribution in [-0.4, -0.2) is 53.8 Å². The highest BCUT2D eigenvalue weighted by Crippen LogP contribution is 2.37. The lowest BCUT2D eigenvalue weighted by molar-refractivity contribution is -0.127. The first-order valence-electron chi connectivity index (χ1n) is 7.80. The molecule has 1 aromatic heterocycles. The van der Waals surface area contributed by atoms with Gasteiger partial charge in [0.15, 0.2) is 0 Å². The van der Waals surface area contributed by atoms with Crippen LogP contribution in [0.1, 0.15) is 23.3 Å². The number of nitrogens with zero attached hydrogens (tertiary/aromatic N) is 2. The fraction of sp³-hybridized carbons (Fsp3) is 0.533. The number of rotatable bonds is 7. The summed E-state index contributed by atoms with van der Waals surface area (Å²) in [5.41, 5.74) is 5.12. The molecule has 3 rings (SSSR count). The van der Waals surface area contributed by atoms with E-state index in [1.54, 1.807) is 0 Å². The minimum Gasteiger partial charge on any atom is -0.476 e. The molecule has 1 aromatic rings. The standard InChI is InChI=1S/C15H18F2N4O4/c16-15(17)6-21(7-15)10-4-3-9(12(23)20-13(24)11(18)22)19-14(10)25-5-8-1-2-8/h3-4,8,13,24H,1-2,5-7H2,(H2,18,22)(H,20,23)/t13-/m1/s1. The van der Waals surface area contributed by atoms with Crippen LogP contribution >= 0.6 is 0 Å². The van der Waals surface area contributed by atoms with Crippen molar-refractivity contribution in [2.75, 3.05) is 24.6 Å². The van der Waals surface area contributed by atoms with E-state index in [0.717, 1.165) is 12.8 Å². The molecule has 2 aliphatic rings. The molecule has 136 valence electrons. The molecule has 25 heavy (non-hydrogen) atoms. The minimum absolute atomic E-state index is 0.0728. The number of aliphatic hydroxyl groups is 1. The number of nitrogens with one attached hydrogen (secondary N) is 1. The zero-order valence-corrected chi connectivity index (χ0v) is 13.2. The van der Waals surface area contributed by atoms with Crippen LogP contribution in [-0.2, 0) is 4.79 Å². The first-order valence-corrected chi connectivity index (χ1v) is 7.80. The van der Waals surface area contributed by atoms with Crippen molar-refractivity contribution in [3.05, 3.63) is 17.8 Å². The number of pyridine rings is 1. The lowest BCUT2D eigenvalue weighted by Gasteiger charge is -2.40. The maximum Gasteiger partial charge on any atom is 0.282 e. The number of amides is 2. The summed E-state index contributed by atoms with van der Waals surface area (Å²) in [5, 5.41) is 11.3. The molecule has 1 saturated carbocycles. The number of halogens is 2. The molecule has 8 nitrogen and oxygen atoms in total. The Hall–Kier alpha value is -2.49. The first-order chi connectivity index (χ1) is 11.7. The highest BCUT2D eigenvalue weighted by atomic mass is 19.3. The summed E-state index contributed by atoms with van der Waals surface area (Å²) in [6.07, 6.45) is 0.211. The van der Waals surface area contributed by atoms with Crippen molar-refractivity contribution in [1.82, 2.24) is 10.3 Å². The Bertz CT molecular complexity index is 688. The predicted molar refractivity (Wildman–Crippen MR) is 82.3 cm³/mol. The minimum atomic E-state index is -2.75. The summed E-state index contributed by atoms with van der Waals surface area (Å²) in [5.74, 6) is -4.22. The van der Waals surface area contributed by atoms with Crippen molar-refractivity contribution in [2.24, 2.45) is 11.7 Å². The fourth-order valence-corrected chi connectivity index (χ4v) is 2.34. The Morgan fingerprint density at radius 1 is 1.44 bits per heavy atom. The molecular formula is C15H18F2N4O4. The Morgan fingerprint density at radius 3 is 2.68 bits per heavy atom. The smallest absolute Gasteiger partial charge is 0.282 e. The third kappa shape index (κ3) is 4.13. The SMILES string of the molecule is NC(=O)[C@@H](O)NC(=O)c1ccc(N2CC(F)(F)C2)c(OCC2CC2)n1. The normalized spacial score (nSPS) is 19.7. The van der Waals surface area contributed by atoms with Crippen molar-refractivity contribution >= 4 is 17.5 Å². The number of anilines is 1. The lowest BCUT2D eigenvalue weighted by atomic mass is 10.1. The summed E-state index contributed by atoms with van der Waals surface area (Å²) in [4.78, 5) is 28.3. The van der Waals surface area contributed by atoms with Crippen molar-refractivity contribution in [3.63, 3.8) is 0 Å². The molecule has 0 radical (unpaired) electrons. The second-order valence-electron chi connectivity index (χ2n) is 6.27. The van der Waals surface area contributed by atoms with Crippen LogP contribution in [0.4, 0.5) is 14.5 Å². The van der Waals surface area contributed by atoms with Crippen molar-refractivity contribution < 1.29 is 28.2 Å². The number of aromatic nitrogens is 1. The monoisotopic (exact) mass is 356 g/mol. The van der Waals surface area contributed by atoms with E-state index in [2.05, 4.69) is 4.98 Å². The van der Waals surface area contributed by atoms with E-state index in [-0.39, 0.29) is 11.6 Å². The van der Waals surface area contributed by atoms with E-state index < -0.39 is 37.1 Å². The number of nitrogens with two attached hydrogens (primary N) is 1. The Morgan fingerprint density at radius 2 is 2.12 bits per heavy atom.